The lowest BCUT2D eigenvalue weighted by Gasteiger charge is -2.10. The molecule has 6 heteroatoms. The molecule has 0 radical (unpaired) electrons. The van der Waals surface area contributed by atoms with Gasteiger partial charge in [-0.15, -0.1) is 10.2 Å². The molecule has 0 N–H and O–H groups in total. The van der Waals surface area contributed by atoms with E-state index in [4.69, 9.17) is 4.42 Å². The number of benzene rings is 3. The maximum Gasteiger partial charge on any atom is 0.205 e. The minimum absolute atomic E-state index is 0.577. The Morgan fingerprint density at radius 1 is 0.862 bits per heavy atom. The van der Waals surface area contributed by atoms with Crippen molar-refractivity contribution in [1.82, 2.24) is 19.7 Å². The van der Waals surface area contributed by atoms with Gasteiger partial charge in [0.05, 0.1) is 5.75 Å². The standard InChI is InChI=1S/C23H18N4OS/c1-16-11-13-18(14-12-16)27-22(17-7-3-2-4-8-17)25-26-23(27)29-15-21-24-19-9-5-6-10-20(19)28-21/h2-14H,15H2,1H3. The Hall–Kier alpha value is -3.38. The average Bonchev–Trinajstić information content (AvgIpc) is 3.37. The van der Waals surface area contributed by atoms with Crippen LogP contribution >= 0.6 is 11.8 Å². The van der Waals surface area contributed by atoms with E-state index in [1.807, 2.05) is 54.6 Å². The van der Waals surface area contributed by atoms with E-state index in [0.29, 0.717) is 11.6 Å². The predicted octanol–water partition coefficient (Wildman–Crippen LogP) is 5.68. The van der Waals surface area contributed by atoms with Gasteiger partial charge in [0.25, 0.3) is 0 Å². The van der Waals surface area contributed by atoms with Gasteiger partial charge < -0.3 is 4.42 Å². The zero-order valence-corrected chi connectivity index (χ0v) is 16.6. The number of hydrogen-bond acceptors (Lipinski definition) is 5. The molecule has 0 fully saturated rings. The molecule has 0 bridgehead atoms. The Bertz CT molecular complexity index is 1230. The minimum Gasteiger partial charge on any atom is -0.440 e. The monoisotopic (exact) mass is 398 g/mol. The number of nitrogens with zero attached hydrogens (tertiary/aromatic N) is 4. The topological polar surface area (TPSA) is 56.7 Å². The lowest BCUT2D eigenvalue weighted by atomic mass is 10.2. The zero-order valence-electron chi connectivity index (χ0n) is 15.8. The molecule has 0 saturated heterocycles. The minimum atomic E-state index is 0.577. The third kappa shape index (κ3) is 3.54. The van der Waals surface area contributed by atoms with Gasteiger partial charge in [-0.1, -0.05) is 71.9 Å². The van der Waals surface area contributed by atoms with Crippen LogP contribution in [0.25, 0.3) is 28.2 Å². The molecule has 0 spiro atoms. The molecule has 0 aliphatic carbocycles. The van der Waals surface area contributed by atoms with Gasteiger partial charge in [-0.05, 0) is 31.2 Å². The number of aryl methyl sites for hydroxylation is 1. The van der Waals surface area contributed by atoms with Crippen molar-refractivity contribution in [1.29, 1.82) is 0 Å². The van der Waals surface area contributed by atoms with Crippen molar-refractivity contribution in [2.75, 3.05) is 0 Å². The number of rotatable bonds is 5. The molecule has 2 heterocycles. The fraction of sp³-hybridized carbons (Fsp3) is 0.0870. The predicted molar refractivity (Wildman–Crippen MR) is 115 cm³/mol. The summed E-state index contributed by atoms with van der Waals surface area (Å²) >= 11 is 1.56. The molecule has 2 aromatic heterocycles. The highest BCUT2D eigenvalue weighted by Crippen LogP contribution is 2.30. The molecule has 0 saturated carbocycles. The smallest absolute Gasteiger partial charge is 0.205 e. The second-order valence-corrected chi connectivity index (χ2v) is 7.65. The molecular formula is C23H18N4OS. The fourth-order valence-electron chi connectivity index (χ4n) is 3.17. The third-order valence-corrected chi connectivity index (χ3v) is 5.53. The van der Waals surface area contributed by atoms with Gasteiger partial charge in [0.2, 0.25) is 5.89 Å². The van der Waals surface area contributed by atoms with Gasteiger partial charge in [0.15, 0.2) is 16.6 Å². The van der Waals surface area contributed by atoms with E-state index >= 15 is 0 Å². The summed E-state index contributed by atoms with van der Waals surface area (Å²) in [4.78, 5) is 4.56. The molecule has 0 unspecified atom stereocenters. The molecular weight excluding hydrogens is 380 g/mol. The highest BCUT2D eigenvalue weighted by Gasteiger charge is 2.17. The summed E-state index contributed by atoms with van der Waals surface area (Å²) in [5.74, 6) is 2.07. The molecule has 29 heavy (non-hydrogen) atoms. The summed E-state index contributed by atoms with van der Waals surface area (Å²) in [6.45, 7) is 2.08. The number of oxazole rings is 1. The molecule has 142 valence electrons. The van der Waals surface area contributed by atoms with E-state index in [1.165, 1.54) is 5.56 Å². The second-order valence-electron chi connectivity index (χ2n) is 6.71. The van der Waals surface area contributed by atoms with Crippen LogP contribution in [0.1, 0.15) is 11.5 Å². The molecule has 3 aromatic carbocycles. The Morgan fingerprint density at radius 2 is 1.62 bits per heavy atom. The summed E-state index contributed by atoms with van der Waals surface area (Å²) in [6, 6.07) is 26.3. The van der Waals surface area contributed by atoms with Gasteiger partial charge in [0.1, 0.15) is 5.52 Å². The fourth-order valence-corrected chi connectivity index (χ4v) is 3.97. The van der Waals surface area contributed by atoms with Crippen LogP contribution in [0.2, 0.25) is 0 Å². The first-order valence-corrected chi connectivity index (χ1v) is 10.3. The van der Waals surface area contributed by atoms with Crippen LogP contribution in [-0.2, 0) is 5.75 Å². The first-order valence-electron chi connectivity index (χ1n) is 9.33. The van der Waals surface area contributed by atoms with E-state index in [9.17, 15) is 0 Å². The van der Waals surface area contributed by atoms with Crippen molar-refractivity contribution in [3.63, 3.8) is 0 Å². The highest BCUT2D eigenvalue weighted by molar-refractivity contribution is 7.98. The van der Waals surface area contributed by atoms with Crippen molar-refractivity contribution < 1.29 is 4.42 Å². The molecule has 0 atom stereocenters. The number of thioether (sulfide) groups is 1. The number of aromatic nitrogens is 4. The van der Waals surface area contributed by atoms with Crippen molar-refractivity contribution >= 4 is 22.9 Å². The maximum absolute atomic E-state index is 5.85. The van der Waals surface area contributed by atoms with Crippen molar-refractivity contribution in [3.8, 4) is 17.1 Å². The highest BCUT2D eigenvalue weighted by atomic mass is 32.2. The van der Waals surface area contributed by atoms with Crippen LogP contribution in [0.3, 0.4) is 0 Å². The maximum atomic E-state index is 5.85. The van der Waals surface area contributed by atoms with Gasteiger partial charge in [0, 0.05) is 11.3 Å². The van der Waals surface area contributed by atoms with Crippen LogP contribution < -0.4 is 0 Å². The summed E-state index contributed by atoms with van der Waals surface area (Å²) < 4.78 is 7.94. The van der Waals surface area contributed by atoms with Crippen LogP contribution in [0, 0.1) is 6.92 Å². The quantitative estimate of drug-likeness (QED) is 0.357. The van der Waals surface area contributed by atoms with Crippen LogP contribution in [0.15, 0.2) is 88.4 Å². The Balaban J connectivity index is 1.52. The molecule has 5 aromatic rings. The lowest BCUT2D eigenvalue weighted by Crippen LogP contribution is -2.00. The van der Waals surface area contributed by atoms with Crippen molar-refractivity contribution in [2.45, 2.75) is 17.8 Å². The molecule has 5 nitrogen and oxygen atoms in total. The van der Waals surface area contributed by atoms with Crippen LogP contribution in [-0.4, -0.2) is 19.7 Å². The second kappa shape index (κ2) is 7.56. The van der Waals surface area contributed by atoms with E-state index < -0.39 is 0 Å². The summed E-state index contributed by atoms with van der Waals surface area (Å²) in [5.41, 5.74) is 4.93. The summed E-state index contributed by atoms with van der Waals surface area (Å²) in [5, 5.41) is 9.75. The molecule has 0 aliphatic rings. The lowest BCUT2D eigenvalue weighted by molar-refractivity contribution is 0.556. The Morgan fingerprint density at radius 3 is 2.41 bits per heavy atom. The SMILES string of the molecule is Cc1ccc(-n2c(SCc3nc4ccccc4o3)nnc2-c2ccccc2)cc1. The van der Waals surface area contributed by atoms with Gasteiger partial charge in [-0.25, -0.2) is 4.98 Å². The van der Waals surface area contributed by atoms with Gasteiger partial charge >= 0.3 is 0 Å². The van der Waals surface area contributed by atoms with E-state index in [0.717, 1.165) is 33.3 Å². The number of para-hydroxylation sites is 2. The van der Waals surface area contributed by atoms with Gasteiger partial charge in [-0.2, -0.15) is 0 Å². The zero-order chi connectivity index (χ0) is 19.6. The largest absolute Gasteiger partial charge is 0.440 e. The summed E-state index contributed by atoms with van der Waals surface area (Å²) in [7, 11) is 0. The van der Waals surface area contributed by atoms with Crippen LogP contribution in [0.5, 0.6) is 0 Å². The number of hydrogen-bond donors (Lipinski definition) is 0. The molecule has 5 rings (SSSR count). The van der Waals surface area contributed by atoms with E-state index in [1.54, 1.807) is 11.8 Å². The summed E-state index contributed by atoms with van der Waals surface area (Å²) in [6.07, 6.45) is 0. The normalized spacial score (nSPS) is 11.2. The Kier molecular flexibility index (Phi) is 4.62. The van der Waals surface area contributed by atoms with E-state index in [-0.39, 0.29) is 0 Å². The molecule has 0 aliphatic heterocycles. The van der Waals surface area contributed by atoms with Gasteiger partial charge in [-0.3, -0.25) is 4.57 Å². The van der Waals surface area contributed by atoms with Crippen molar-refractivity contribution in [3.05, 3.63) is 90.3 Å². The van der Waals surface area contributed by atoms with Crippen LogP contribution in [0.4, 0.5) is 0 Å². The molecule has 0 amide bonds. The van der Waals surface area contributed by atoms with E-state index in [2.05, 4.69) is 50.9 Å². The van der Waals surface area contributed by atoms with Crippen molar-refractivity contribution in [2.24, 2.45) is 0 Å². The first kappa shape index (κ1) is 17.7. The average molecular weight is 398 g/mol. The number of fused-ring (bicyclic) bond motifs is 1. The Labute approximate surface area is 172 Å². The first-order chi connectivity index (χ1) is 14.3. The third-order valence-electron chi connectivity index (χ3n) is 4.62.